The zero-order valence-electron chi connectivity index (χ0n) is 11.7. The second-order valence-electron chi connectivity index (χ2n) is 5.42. The van der Waals surface area contributed by atoms with Gasteiger partial charge in [-0.25, -0.2) is 0 Å². The van der Waals surface area contributed by atoms with Gasteiger partial charge in [-0.1, -0.05) is 36.4 Å². The minimum absolute atomic E-state index is 0.317. The van der Waals surface area contributed by atoms with Crippen molar-refractivity contribution in [2.24, 2.45) is 0 Å². The number of phenols is 1. The maximum atomic E-state index is 9.47. The zero-order chi connectivity index (χ0) is 13.9. The summed E-state index contributed by atoms with van der Waals surface area (Å²) in [7, 11) is 2.15. The van der Waals surface area contributed by atoms with Gasteiger partial charge in [0.2, 0.25) is 0 Å². The Morgan fingerprint density at radius 2 is 1.85 bits per heavy atom. The molecule has 0 aliphatic carbocycles. The molecule has 0 aromatic heterocycles. The highest BCUT2D eigenvalue weighted by atomic mass is 16.3. The van der Waals surface area contributed by atoms with Crippen LogP contribution in [0.4, 0.5) is 0 Å². The fourth-order valence-corrected chi connectivity index (χ4v) is 2.50. The number of hydrogen-bond donors (Lipinski definition) is 1. The summed E-state index contributed by atoms with van der Waals surface area (Å²) >= 11 is 0. The SMILES string of the molecule is CN1CC=C(C=Cc2ccc3cc(O)ccc3c2)CC1. The molecule has 2 aromatic carbocycles. The lowest BCUT2D eigenvalue weighted by atomic mass is 10.0. The lowest BCUT2D eigenvalue weighted by Gasteiger charge is -2.20. The zero-order valence-corrected chi connectivity index (χ0v) is 11.7. The third-order valence-electron chi connectivity index (χ3n) is 3.79. The molecule has 0 spiro atoms. The van der Waals surface area contributed by atoms with Gasteiger partial charge in [-0.2, -0.15) is 0 Å². The molecule has 0 unspecified atom stereocenters. The standard InChI is InChI=1S/C18H19NO/c1-19-10-8-14(9-11-19)2-3-15-4-5-17-13-18(20)7-6-16(17)12-15/h2-8,12-13,20H,9-11H2,1H3. The Hall–Kier alpha value is -2.06. The predicted octanol–water partition coefficient (Wildman–Crippen LogP) is 3.82. The van der Waals surface area contributed by atoms with E-state index in [2.05, 4.69) is 48.4 Å². The van der Waals surface area contributed by atoms with Gasteiger partial charge < -0.3 is 10.0 Å². The molecule has 20 heavy (non-hydrogen) atoms. The van der Waals surface area contributed by atoms with Crippen molar-refractivity contribution in [2.45, 2.75) is 6.42 Å². The monoisotopic (exact) mass is 265 g/mol. The minimum atomic E-state index is 0.317. The van der Waals surface area contributed by atoms with E-state index in [-0.39, 0.29) is 0 Å². The van der Waals surface area contributed by atoms with Gasteiger partial charge >= 0.3 is 0 Å². The van der Waals surface area contributed by atoms with Crippen LogP contribution < -0.4 is 0 Å². The van der Waals surface area contributed by atoms with Gasteiger partial charge in [0, 0.05) is 13.1 Å². The van der Waals surface area contributed by atoms with Crippen molar-refractivity contribution < 1.29 is 5.11 Å². The van der Waals surface area contributed by atoms with Gasteiger partial charge in [-0.15, -0.1) is 0 Å². The van der Waals surface area contributed by atoms with Gasteiger partial charge in [-0.3, -0.25) is 0 Å². The van der Waals surface area contributed by atoms with Crippen LogP contribution in [0.2, 0.25) is 0 Å². The molecule has 0 saturated carbocycles. The lowest BCUT2D eigenvalue weighted by molar-refractivity contribution is 0.361. The number of benzene rings is 2. The Labute approximate surface area is 119 Å². The summed E-state index contributed by atoms with van der Waals surface area (Å²) in [6.45, 7) is 2.17. The predicted molar refractivity (Wildman–Crippen MR) is 84.8 cm³/mol. The van der Waals surface area contributed by atoms with E-state index in [1.54, 1.807) is 12.1 Å². The molecule has 102 valence electrons. The molecule has 1 aliphatic heterocycles. The number of phenolic OH excluding ortho intramolecular Hbond substituents is 1. The van der Waals surface area contributed by atoms with Crippen LogP contribution in [0.3, 0.4) is 0 Å². The molecule has 0 fully saturated rings. The number of hydrogen-bond acceptors (Lipinski definition) is 2. The average Bonchev–Trinajstić information content (AvgIpc) is 2.46. The van der Waals surface area contributed by atoms with Crippen molar-refractivity contribution in [2.75, 3.05) is 20.1 Å². The van der Waals surface area contributed by atoms with Crippen LogP contribution in [-0.4, -0.2) is 30.1 Å². The van der Waals surface area contributed by atoms with E-state index in [0.29, 0.717) is 5.75 Å². The molecule has 1 aliphatic rings. The first-order valence-corrected chi connectivity index (χ1v) is 6.99. The number of rotatable bonds is 2. The van der Waals surface area contributed by atoms with Crippen molar-refractivity contribution in [3.05, 3.63) is 59.7 Å². The fraction of sp³-hybridized carbons (Fsp3) is 0.222. The fourth-order valence-electron chi connectivity index (χ4n) is 2.50. The Morgan fingerprint density at radius 3 is 2.65 bits per heavy atom. The minimum Gasteiger partial charge on any atom is -0.508 e. The summed E-state index contributed by atoms with van der Waals surface area (Å²) in [5.41, 5.74) is 2.61. The third-order valence-corrected chi connectivity index (χ3v) is 3.79. The first-order valence-electron chi connectivity index (χ1n) is 6.99. The molecule has 0 radical (unpaired) electrons. The van der Waals surface area contributed by atoms with Gasteiger partial charge in [0.1, 0.15) is 5.75 Å². The van der Waals surface area contributed by atoms with Crippen LogP contribution in [0.15, 0.2) is 54.1 Å². The molecule has 0 amide bonds. The van der Waals surface area contributed by atoms with Crippen LogP contribution in [0, 0.1) is 0 Å². The summed E-state index contributed by atoms with van der Waals surface area (Å²) in [5.74, 6) is 0.317. The van der Waals surface area contributed by atoms with Crippen molar-refractivity contribution in [3.63, 3.8) is 0 Å². The Balaban J connectivity index is 1.82. The van der Waals surface area contributed by atoms with Crippen LogP contribution in [-0.2, 0) is 0 Å². The second-order valence-corrected chi connectivity index (χ2v) is 5.42. The summed E-state index contributed by atoms with van der Waals surface area (Å²) in [6, 6.07) is 11.8. The first kappa shape index (κ1) is 12.9. The smallest absolute Gasteiger partial charge is 0.116 e. The molecule has 3 rings (SSSR count). The molecule has 1 heterocycles. The Bertz CT molecular complexity index is 685. The van der Waals surface area contributed by atoms with Crippen molar-refractivity contribution >= 4 is 16.8 Å². The highest BCUT2D eigenvalue weighted by Gasteiger charge is 2.04. The number of aromatic hydroxyl groups is 1. The largest absolute Gasteiger partial charge is 0.508 e. The molecule has 0 saturated heterocycles. The highest BCUT2D eigenvalue weighted by Crippen LogP contribution is 2.22. The third kappa shape index (κ3) is 2.91. The van der Waals surface area contributed by atoms with Gasteiger partial charge in [0.05, 0.1) is 0 Å². The molecular weight excluding hydrogens is 246 g/mol. The maximum Gasteiger partial charge on any atom is 0.116 e. The average molecular weight is 265 g/mol. The van der Waals surface area contributed by atoms with Gasteiger partial charge in [0.15, 0.2) is 0 Å². The van der Waals surface area contributed by atoms with E-state index in [1.807, 2.05) is 6.07 Å². The summed E-state index contributed by atoms with van der Waals surface area (Å²) in [5, 5.41) is 11.7. The maximum absolute atomic E-state index is 9.47. The Kier molecular flexibility index (Phi) is 3.57. The molecule has 2 nitrogen and oxygen atoms in total. The van der Waals surface area contributed by atoms with Gasteiger partial charge in [-0.05, 0) is 53.6 Å². The number of likely N-dealkylation sites (N-methyl/N-ethyl adjacent to an activating group) is 1. The Morgan fingerprint density at radius 1 is 1.05 bits per heavy atom. The first-order chi connectivity index (χ1) is 9.70. The molecule has 2 heteroatoms. The van der Waals surface area contributed by atoms with E-state index in [9.17, 15) is 5.11 Å². The van der Waals surface area contributed by atoms with E-state index < -0.39 is 0 Å². The van der Waals surface area contributed by atoms with E-state index in [0.717, 1.165) is 30.3 Å². The topological polar surface area (TPSA) is 23.5 Å². The normalized spacial score (nSPS) is 16.8. The van der Waals surface area contributed by atoms with Crippen LogP contribution in [0.25, 0.3) is 16.8 Å². The van der Waals surface area contributed by atoms with E-state index in [1.165, 1.54) is 11.1 Å². The quantitative estimate of drug-likeness (QED) is 0.892. The lowest BCUT2D eigenvalue weighted by Crippen LogP contribution is -2.23. The van der Waals surface area contributed by atoms with Crippen LogP contribution in [0.5, 0.6) is 5.75 Å². The summed E-state index contributed by atoms with van der Waals surface area (Å²) in [6.07, 6.45) is 7.80. The molecule has 1 N–H and O–H groups in total. The molecule has 0 bridgehead atoms. The molecule has 2 aromatic rings. The number of nitrogens with zero attached hydrogens (tertiary/aromatic N) is 1. The van der Waals surface area contributed by atoms with E-state index >= 15 is 0 Å². The number of fused-ring (bicyclic) bond motifs is 1. The molecule has 0 atom stereocenters. The summed E-state index contributed by atoms with van der Waals surface area (Å²) in [4.78, 5) is 2.32. The van der Waals surface area contributed by atoms with Crippen molar-refractivity contribution in [1.29, 1.82) is 0 Å². The highest BCUT2D eigenvalue weighted by molar-refractivity contribution is 5.86. The second kappa shape index (κ2) is 5.51. The molecular formula is C18H19NO. The van der Waals surface area contributed by atoms with Crippen molar-refractivity contribution in [3.8, 4) is 5.75 Å². The van der Waals surface area contributed by atoms with E-state index in [4.69, 9.17) is 0 Å². The van der Waals surface area contributed by atoms with Gasteiger partial charge in [0.25, 0.3) is 0 Å². The van der Waals surface area contributed by atoms with Crippen LogP contribution >= 0.6 is 0 Å². The van der Waals surface area contributed by atoms with Crippen LogP contribution in [0.1, 0.15) is 12.0 Å². The van der Waals surface area contributed by atoms with Crippen molar-refractivity contribution in [1.82, 2.24) is 4.90 Å². The number of allylic oxidation sites excluding steroid dienone is 1. The summed E-state index contributed by atoms with van der Waals surface area (Å²) < 4.78 is 0.